The lowest BCUT2D eigenvalue weighted by Gasteiger charge is -2.34. The van der Waals surface area contributed by atoms with E-state index in [-0.39, 0.29) is 5.91 Å². The van der Waals surface area contributed by atoms with Crippen LogP contribution in [0.25, 0.3) is 5.69 Å². The fourth-order valence-electron chi connectivity index (χ4n) is 4.19. The van der Waals surface area contributed by atoms with Crippen molar-refractivity contribution in [2.45, 2.75) is 13.8 Å². The molecule has 7 nitrogen and oxygen atoms in total. The van der Waals surface area contributed by atoms with Crippen molar-refractivity contribution in [3.05, 3.63) is 52.8 Å². The van der Waals surface area contributed by atoms with Gasteiger partial charge in [-0.15, -0.1) is 11.3 Å². The average Bonchev–Trinajstić information content (AvgIpc) is 3.41. The molecular weight excluding hydrogens is 400 g/mol. The lowest BCUT2D eigenvalue weighted by Crippen LogP contribution is -2.48. The minimum atomic E-state index is 0.0886. The number of benzene rings is 1. The molecule has 156 valence electrons. The van der Waals surface area contributed by atoms with Gasteiger partial charge >= 0.3 is 0 Å². The van der Waals surface area contributed by atoms with Crippen LogP contribution in [0.5, 0.6) is 11.5 Å². The lowest BCUT2D eigenvalue weighted by atomic mass is 10.2. The van der Waals surface area contributed by atoms with E-state index in [1.807, 2.05) is 54.6 Å². The highest BCUT2D eigenvalue weighted by Crippen LogP contribution is 2.33. The number of hydrogen-bond donors (Lipinski definition) is 0. The van der Waals surface area contributed by atoms with Crippen LogP contribution in [0.3, 0.4) is 0 Å². The molecule has 0 radical (unpaired) electrons. The van der Waals surface area contributed by atoms with E-state index in [4.69, 9.17) is 9.47 Å². The minimum Gasteiger partial charge on any atom is -0.486 e. The Bertz CT molecular complexity index is 1070. The average molecular weight is 425 g/mol. The van der Waals surface area contributed by atoms with E-state index >= 15 is 0 Å². The Morgan fingerprint density at radius 2 is 1.80 bits per heavy atom. The third kappa shape index (κ3) is 3.31. The van der Waals surface area contributed by atoms with E-state index in [2.05, 4.69) is 14.5 Å². The molecule has 2 aliphatic heterocycles. The Hall–Kier alpha value is -3.00. The van der Waals surface area contributed by atoms with Gasteiger partial charge in [0, 0.05) is 60.9 Å². The van der Waals surface area contributed by atoms with E-state index in [0.29, 0.717) is 26.3 Å². The Balaban J connectivity index is 1.37. The van der Waals surface area contributed by atoms with Crippen LogP contribution in [-0.4, -0.2) is 59.8 Å². The number of ether oxygens (including phenoxy) is 2. The van der Waals surface area contributed by atoms with Crippen LogP contribution in [0.15, 0.2) is 35.8 Å². The maximum atomic E-state index is 13.3. The predicted octanol–water partition coefficient (Wildman–Crippen LogP) is 3.28. The summed E-state index contributed by atoms with van der Waals surface area (Å²) in [7, 11) is 0. The SMILES string of the molecule is Cc1cc(C(=O)N2CCN(c3nccs3)CC2)c(C)n1-c1ccc2c(c1)OCCO2. The number of anilines is 1. The fraction of sp³-hybridized carbons (Fsp3) is 0.364. The summed E-state index contributed by atoms with van der Waals surface area (Å²) in [6.07, 6.45) is 1.82. The van der Waals surface area contributed by atoms with Crippen LogP contribution in [0.1, 0.15) is 21.7 Å². The Labute approximate surface area is 179 Å². The summed E-state index contributed by atoms with van der Waals surface area (Å²) in [6.45, 7) is 8.17. The molecule has 30 heavy (non-hydrogen) atoms. The quantitative estimate of drug-likeness (QED) is 0.646. The Kier molecular flexibility index (Phi) is 4.86. The van der Waals surface area contributed by atoms with Gasteiger partial charge in [0.15, 0.2) is 16.6 Å². The van der Waals surface area contributed by atoms with Crippen LogP contribution >= 0.6 is 11.3 Å². The number of carbonyl (C=O) groups is 1. The Morgan fingerprint density at radius 3 is 2.53 bits per heavy atom. The van der Waals surface area contributed by atoms with Crippen molar-refractivity contribution in [2.75, 3.05) is 44.3 Å². The first-order chi connectivity index (χ1) is 14.6. The van der Waals surface area contributed by atoms with Gasteiger partial charge in [-0.05, 0) is 32.0 Å². The van der Waals surface area contributed by atoms with Gasteiger partial charge in [0.25, 0.3) is 5.91 Å². The molecule has 1 saturated heterocycles. The molecule has 0 spiro atoms. The standard InChI is InChI=1S/C22H24N4O3S/c1-15-13-18(21(27)24-6-8-25(9-7-24)22-23-5-12-30-22)16(2)26(15)17-3-4-19-20(14-17)29-11-10-28-19/h3-5,12-14H,6-11H2,1-2H3. The first-order valence-electron chi connectivity index (χ1n) is 10.1. The summed E-state index contributed by atoms with van der Waals surface area (Å²) in [4.78, 5) is 21.8. The second-order valence-electron chi connectivity index (χ2n) is 7.54. The number of aryl methyl sites for hydroxylation is 1. The zero-order valence-electron chi connectivity index (χ0n) is 17.1. The number of carbonyl (C=O) groups excluding carboxylic acids is 1. The van der Waals surface area contributed by atoms with Gasteiger partial charge < -0.3 is 23.8 Å². The highest BCUT2D eigenvalue weighted by atomic mass is 32.1. The van der Waals surface area contributed by atoms with Crippen LogP contribution in [0, 0.1) is 13.8 Å². The van der Waals surface area contributed by atoms with Gasteiger partial charge in [0.05, 0.1) is 5.56 Å². The fourth-order valence-corrected chi connectivity index (χ4v) is 4.89. The molecule has 4 heterocycles. The number of amides is 1. The molecule has 1 aromatic carbocycles. The number of rotatable bonds is 3. The zero-order valence-corrected chi connectivity index (χ0v) is 17.9. The molecule has 1 fully saturated rings. The summed E-state index contributed by atoms with van der Waals surface area (Å²) < 4.78 is 13.5. The molecule has 2 aromatic heterocycles. The van der Waals surface area contributed by atoms with Crippen molar-refractivity contribution in [1.82, 2.24) is 14.5 Å². The maximum absolute atomic E-state index is 13.3. The molecular formula is C22H24N4O3S. The molecule has 0 bridgehead atoms. The molecule has 8 heteroatoms. The first-order valence-corrected chi connectivity index (χ1v) is 11.0. The number of hydrogen-bond acceptors (Lipinski definition) is 6. The summed E-state index contributed by atoms with van der Waals surface area (Å²) in [5, 5.41) is 3.01. The third-order valence-corrected chi connectivity index (χ3v) is 6.53. The first kappa shape index (κ1) is 19.0. The molecule has 0 aliphatic carbocycles. The van der Waals surface area contributed by atoms with Gasteiger partial charge in [0.1, 0.15) is 13.2 Å². The van der Waals surface area contributed by atoms with Crippen molar-refractivity contribution in [1.29, 1.82) is 0 Å². The molecule has 5 rings (SSSR count). The van der Waals surface area contributed by atoms with Gasteiger partial charge in [-0.1, -0.05) is 0 Å². The topological polar surface area (TPSA) is 59.8 Å². The minimum absolute atomic E-state index is 0.0886. The van der Waals surface area contributed by atoms with E-state index in [1.54, 1.807) is 11.3 Å². The van der Waals surface area contributed by atoms with Crippen LogP contribution in [0.2, 0.25) is 0 Å². The molecule has 1 amide bonds. The molecule has 0 unspecified atom stereocenters. The highest BCUT2D eigenvalue weighted by Gasteiger charge is 2.26. The number of thiazole rings is 1. The maximum Gasteiger partial charge on any atom is 0.255 e. The number of aromatic nitrogens is 2. The number of piperazine rings is 1. The van der Waals surface area contributed by atoms with Crippen LogP contribution < -0.4 is 14.4 Å². The highest BCUT2D eigenvalue weighted by molar-refractivity contribution is 7.13. The zero-order chi connectivity index (χ0) is 20.7. The van der Waals surface area contributed by atoms with Crippen LogP contribution in [0.4, 0.5) is 5.13 Å². The van der Waals surface area contributed by atoms with Gasteiger partial charge in [-0.2, -0.15) is 0 Å². The van der Waals surface area contributed by atoms with E-state index < -0.39 is 0 Å². The van der Waals surface area contributed by atoms with Crippen LogP contribution in [-0.2, 0) is 0 Å². The van der Waals surface area contributed by atoms with Crippen molar-refractivity contribution in [3.8, 4) is 17.2 Å². The summed E-state index contributed by atoms with van der Waals surface area (Å²) in [5.74, 6) is 1.60. The van der Waals surface area contributed by atoms with Gasteiger partial charge in [0.2, 0.25) is 0 Å². The second kappa shape index (κ2) is 7.68. The van der Waals surface area contributed by atoms with Crippen molar-refractivity contribution >= 4 is 22.4 Å². The van der Waals surface area contributed by atoms with Gasteiger partial charge in [-0.25, -0.2) is 4.98 Å². The van der Waals surface area contributed by atoms with Crippen molar-refractivity contribution in [2.24, 2.45) is 0 Å². The summed E-state index contributed by atoms with van der Waals surface area (Å²) in [5.41, 5.74) is 3.69. The monoisotopic (exact) mass is 424 g/mol. The number of fused-ring (bicyclic) bond motifs is 1. The Morgan fingerprint density at radius 1 is 1.03 bits per heavy atom. The van der Waals surface area contributed by atoms with Crippen molar-refractivity contribution < 1.29 is 14.3 Å². The molecule has 0 saturated carbocycles. The normalized spacial score (nSPS) is 16.1. The van der Waals surface area contributed by atoms with E-state index in [1.165, 1.54) is 0 Å². The number of nitrogens with zero attached hydrogens (tertiary/aromatic N) is 4. The third-order valence-electron chi connectivity index (χ3n) is 5.70. The molecule has 3 aromatic rings. The molecule has 2 aliphatic rings. The predicted molar refractivity (Wildman–Crippen MR) is 116 cm³/mol. The van der Waals surface area contributed by atoms with Crippen molar-refractivity contribution in [3.63, 3.8) is 0 Å². The molecule has 0 N–H and O–H groups in total. The van der Waals surface area contributed by atoms with E-state index in [9.17, 15) is 4.79 Å². The molecule has 0 atom stereocenters. The van der Waals surface area contributed by atoms with Gasteiger partial charge in [-0.3, -0.25) is 4.79 Å². The largest absolute Gasteiger partial charge is 0.486 e. The summed E-state index contributed by atoms with van der Waals surface area (Å²) in [6, 6.07) is 7.91. The van der Waals surface area contributed by atoms with E-state index in [0.717, 1.165) is 52.4 Å². The summed E-state index contributed by atoms with van der Waals surface area (Å²) >= 11 is 1.64. The second-order valence-corrected chi connectivity index (χ2v) is 8.42. The lowest BCUT2D eigenvalue weighted by molar-refractivity contribution is 0.0746. The smallest absolute Gasteiger partial charge is 0.255 e.